The molecule has 2 aromatic rings. The number of nitrogens with one attached hydrogen (secondary N) is 2. The highest BCUT2D eigenvalue weighted by Crippen LogP contribution is 2.11. The van der Waals surface area contributed by atoms with Gasteiger partial charge in [0.2, 0.25) is 10.0 Å². The summed E-state index contributed by atoms with van der Waals surface area (Å²) in [4.78, 5) is 27.8. The predicted molar refractivity (Wildman–Crippen MR) is 113 cm³/mol. The smallest absolute Gasteiger partial charge is 0.262 e. The molecule has 1 heterocycles. The van der Waals surface area contributed by atoms with Crippen LogP contribution in [0, 0.1) is 4.77 Å². The minimum atomic E-state index is -3.22. The third kappa shape index (κ3) is 4.94. The molecule has 0 fully saturated rings. The molecular weight excluding hydrogens is 400 g/mol. The molecule has 28 heavy (non-hydrogen) atoms. The van der Waals surface area contributed by atoms with Gasteiger partial charge in [0.15, 0.2) is 4.77 Å². The summed E-state index contributed by atoms with van der Waals surface area (Å²) in [5, 5.41) is 3.18. The van der Waals surface area contributed by atoms with E-state index >= 15 is 0 Å². The topological polar surface area (TPSA) is 104 Å². The molecule has 2 N–H and O–H groups in total. The Balaban J connectivity index is 2.08. The number of carbonyl (C=O) groups excluding carboxylic acids is 1. The second-order valence-electron chi connectivity index (χ2n) is 6.23. The summed E-state index contributed by atoms with van der Waals surface area (Å²) in [5.74, 6) is -0.263. The number of allylic oxidation sites excluding steroid dienone is 1. The van der Waals surface area contributed by atoms with E-state index < -0.39 is 10.0 Å². The van der Waals surface area contributed by atoms with Gasteiger partial charge in [-0.3, -0.25) is 14.2 Å². The van der Waals surface area contributed by atoms with E-state index in [1.54, 1.807) is 31.2 Å². The summed E-state index contributed by atoms with van der Waals surface area (Å²) in [6.45, 7) is 6.15. The molecular formula is C18H24N4O4S2. The third-order valence-electron chi connectivity index (χ3n) is 4.33. The average molecular weight is 425 g/mol. The van der Waals surface area contributed by atoms with Crippen LogP contribution in [-0.4, -0.2) is 54.1 Å². The van der Waals surface area contributed by atoms with Crippen LogP contribution in [0.15, 0.2) is 35.6 Å². The molecule has 0 atom stereocenters. The number of nitrogens with zero attached hydrogens (tertiary/aromatic N) is 2. The Bertz CT molecular complexity index is 1100. The van der Waals surface area contributed by atoms with Crippen molar-refractivity contribution in [2.75, 3.05) is 25.9 Å². The highest BCUT2D eigenvalue weighted by Gasteiger charge is 2.14. The molecule has 10 heteroatoms. The molecule has 0 radical (unpaired) electrons. The lowest BCUT2D eigenvalue weighted by Gasteiger charge is -2.15. The maximum absolute atomic E-state index is 12.5. The van der Waals surface area contributed by atoms with E-state index in [0.717, 1.165) is 0 Å². The fraction of sp³-hybridized carbons (Fsp3) is 0.389. The number of aromatic amines is 1. The maximum Gasteiger partial charge on any atom is 0.262 e. The molecule has 152 valence electrons. The molecule has 0 saturated heterocycles. The van der Waals surface area contributed by atoms with Gasteiger partial charge in [0.25, 0.3) is 11.5 Å². The monoisotopic (exact) mass is 424 g/mol. The lowest BCUT2D eigenvalue weighted by atomic mass is 10.1. The number of hydrogen-bond acceptors (Lipinski definition) is 5. The second-order valence-corrected chi connectivity index (χ2v) is 8.98. The van der Waals surface area contributed by atoms with Gasteiger partial charge in [0.05, 0.1) is 16.7 Å². The Hall–Kier alpha value is -2.30. The van der Waals surface area contributed by atoms with Crippen LogP contribution in [0.1, 0.15) is 23.7 Å². The van der Waals surface area contributed by atoms with Crippen LogP contribution in [0.5, 0.6) is 0 Å². The predicted octanol–water partition coefficient (Wildman–Crippen LogP) is 1.65. The summed E-state index contributed by atoms with van der Waals surface area (Å²) in [5.41, 5.74) is 0.621. The first-order valence-electron chi connectivity index (χ1n) is 8.81. The zero-order chi connectivity index (χ0) is 20.9. The summed E-state index contributed by atoms with van der Waals surface area (Å²) in [6.07, 6.45) is 2.08. The van der Waals surface area contributed by atoms with Gasteiger partial charge in [0.1, 0.15) is 0 Å². The molecule has 1 aromatic carbocycles. The summed E-state index contributed by atoms with van der Waals surface area (Å²) in [6, 6.07) is 4.73. The zero-order valence-electron chi connectivity index (χ0n) is 15.9. The van der Waals surface area contributed by atoms with E-state index in [1.807, 2.05) is 0 Å². The van der Waals surface area contributed by atoms with Crippen LogP contribution in [0.3, 0.4) is 0 Å². The van der Waals surface area contributed by atoms with Gasteiger partial charge in [-0.15, -0.1) is 6.58 Å². The van der Waals surface area contributed by atoms with Crippen molar-refractivity contribution in [3.8, 4) is 0 Å². The molecule has 1 aromatic heterocycles. The van der Waals surface area contributed by atoms with Crippen LogP contribution < -0.4 is 10.9 Å². The number of fused-ring (bicyclic) bond motifs is 1. The first-order chi connectivity index (χ1) is 13.2. The fourth-order valence-corrected chi connectivity index (χ4v) is 3.77. The van der Waals surface area contributed by atoms with Crippen LogP contribution >= 0.6 is 12.2 Å². The number of carbonyl (C=O) groups is 1. The summed E-state index contributed by atoms with van der Waals surface area (Å²) in [7, 11) is -1.70. The van der Waals surface area contributed by atoms with Gasteiger partial charge in [-0.05, 0) is 43.8 Å². The van der Waals surface area contributed by atoms with Crippen molar-refractivity contribution in [1.82, 2.24) is 19.2 Å². The van der Waals surface area contributed by atoms with Crippen molar-refractivity contribution in [2.45, 2.75) is 19.9 Å². The van der Waals surface area contributed by atoms with Crippen LogP contribution in [0.25, 0.3) is 10.9 Å². The Kier molecular flexibility index (Phi) is 7.28. The van der Waals surface area contributed by atoms with Crippen molar-refractivity contribution in [1.29, 1.82) is 0 Å². The Morgan fingerprint density at radius 1 is 1.43 bits per heavy atom. The number of benzene rings is 1. The molecule has 0 bridgehead atoms. The number of amides is 1. The Morgan fingerprint density at radius 2 is 2.14 bits per heavy atom. The fourth-order valence-electron chi connectivity index (χ4n) is 2.66. The van der Waals surface area contributed by atoms with Gasteiger partial charge in [-0.25, -0.2) is 12.7 Å². The summed E-state index contributed by atoms with van der Waals surface area (Å²) >= 11 is 5.20. The van der Waals surface area contributed by atoms with E-state index in [9.17, 15) is 18.0 Å². The summed E-state index contributed by atoms with van der Waals surface area (Å²) < 4.78 is 26.3. The quantitative estimate of drug-likeness (QED) is 0.362. The number of hydrogen-bond donors (Lipinski definition) is 2. The van der Waals surface area contributed by atoms with Crippen molar-refractivity contribution in [3.63, 3.8) is 0 Å². The van der Waals surface area contributed by atoms with Crippen molar-refractivity contribution < 1.29 is 13.2 Å². The molecule has 0 aliphatic rings. The molecule has 1 amide bonds. The van der Waals surface area contributed by atoms with Crippen LogP contribution in [0.2, 0.25) is 0 Å². The molecule has 0 aliphatic heterocycles. The van der Waals surface area contributed by atoms with E-state index in [4.69, 9.17) is 12.2 Å². The SMILES string of the molecule is C=CCn1c(=S)[nH]c2cc(C(=O)NCCCN(C)S(=O)(=O)CC)ccc2c1=O. The standard InChI is InChI=1S/C18H24N4O4S2/c1-4-10-22-17(24)14-8-7-13(12-15(14)20-18(22)27)16(23)19-9-6-11-21(3)28(25,26)5-2/h4,7-8,12H,1,5-6,9-11H2,2-3H3,(H,19,23)(H,20,27). The van der Waals surface area contributed by atoms with Crippen molar-refractivity contribution in [2.24, 2.45) is 0 Å². The van der Waals surface area contributed by atoms with Gasteiger partial charge < -0.3 is 10.3 Å². The molecule has 8 nitrogen and oxygen atoms in total. The molecule has 0 unspecified atom stereocenters. The van der Waals surface area contributed by atoms with Crippen LogP contribution in [0.4, 0.5) is 0 Å². The largest absolute Gasteiger partial charge is 0.352 e. The molecule has 2 rings (SSSR count). The second kappa shape index (κ2) is 9.26. The highest BCUT2D eigenvalue weighted by molar-refractivity contribution is 7.89. The van der Waals surface area contributed by atoms with Gasteiger partial charge in [-0.2, -0.15) is 0 Å². The van der Waals surface area contributed by atoms with Gasteiger partial charge in [-0.1, -0.05) is 6.08 Å². The lowest BCUT2D eigenvalue weighted by molar-refractivity contribution is 0.0953. The minimum Gasteiger partial charge on any atom is -0.352 e. The normalized spacial score (nSPS) is 11.7. The number of sulfonamides is 1. The van der Waals surface area contributed by atoms with E-state index in [1.165, 1.54) is 15.9 Å². The highest BCUT2D eigenvalue weighted by atomic mass is 32.2. The van der Waals surface area contributed by atoms with Crippen molar-refractivity contribution in [3.05, 3.63) is 51.5 Å². The molecule has 0 saturated carbocycles. The Morgan fingerprint density at radius 3 is 2.79 bits per heavy atom. The minimum absolute atomic E-state index is 0.0444. The molecule has 0 aliphatic carbocycles. The number of rotatable bonds is 9. The average Bonchev–Trinajstić information content (AvgIpc) is 2.67. The van der Waals surface area contributed by atoms with Gasteiger partial charge >= 0.3 is 0 Å². The van der Waals surface area contributed by atoms with E-state index in [-0.39, 0.29) is 22.0 Å². The first-order valence-corrected chi connectivity index (χ1v) is 10.8. The number of aromatic nitrogens is 2. The zero-order valence-corrected chi connectivity index (χ0v) is 17.5. The van der Waals surface area contributed by atoms with Crippen molar-refractivity contribution >= 4 is 39.1 Å². The van der Waals surface area contributed by atoms with E-state index in [0.29, 0.717) is 42.5 Å². The first kappa shape index (κ1) is 22.0. The lowest BCUT2D eigenvalue weighted by Crippen LogP contribution is -2.32. The van der Waals surface area contributed by atoms with Gasteiger partial charge in [0, 0.05) is 32.2 Å². The number of H-pyrrole nitrogens is 1. The van der Waals surface area contributed by atoms with Crippen LogP contribution in [-0.2, 0) is 16.6 Å². The maximum atomic E-state index is 12.5. The third-order valence-corrected chi connectivity index (χ3v) is 6.52. The Labute approximate surface area is 168 Å². The van der Waals surface area contributed by atoms with E-state index in [2.05, 4.69) is 16.9 Å². The molecule has 0 spiro atoms.